The molecule has 27 heavy (non-hydrogen) atoms. The van der Waals surface area contributed by atoms with E-state index < -0.39 is 0 Å². The van der Waals surface area contributed by atoms with Crippen molar-refractivity contribution in [3.63, 3.8) is 0 Å². The third-order valence-electron chi connectivity index (χ3n) is 4.75. The van der Waals surface area contributed by atoms with Gasteiger partial charge in [-0.15, -0.1) is 0 Å². The number of aldehydes is 1. The first-order chi connectivity index (χ1) is 13.3. The van der Waals surface area contributed by atoms with Gasteiger partial charge in [0, 0.05) is 46.7 Å². The number of hydrogen-bond acceptors (Lipinski definition) is 5. The molecule has 0 amide bonds. The summed E-state index contributed by atoms with van der Waals surface area (Å²) in [6, 6.07) is 12.0. The number of nitrogens with one attached hydrogen (secondary N) is 2. The van der Waals surface area contributed by atoms with Crippen LogP contribution in [0.15, 0.2) is 55.0 Å². The van der Waals surface area contributed by atoms with Crippen LogP contribution >= 0.6 is 0 Å². The van der Waals surface area contributed by atoms with E-state index in [0.717, 1.165) is 39.7 Å². The Labute approximate surface area is 155 Å². The molecule has 1 aliphatic rings. The Morgan fingerprint density at radius 3 is 2.70 bits per heavy atom. The fraction of sp³-hybridized carbons (Fsp3) is 0.143. The number of benzene rings is 1. The lowest BCUT2D eigenvalue weighted by atomic mass is 10.0. The molecule has 0 radical (unpaired) electrons. The predicted octanol–water partition coefficient (Wildman–Crippen LogP) is 4.07. The highest BCUT2D eigenvalue weighted by atomic mass is 16.1. The van der Waals surface area contributed by atoms with E-state index in [1.54, 1.807) is 6.20 Å². The van der Waals surface area contributed by atoms with Gasteiger partial charge in [0.15, 0.2) is 0 Å². The summed E-state index contributed by atoms with van der Waals surface area (Å²) in [6.45, 7) is 0. The summed E-state index contributed by atoms with van der Waals surface area (Å²) < 4.78 is 0. The maximum Gasteiger partial charge on any atom is 0.223 e. The molecular formula is C21H17N5O. The van der Waals surface area contributed by atoms with Gasteiger partial charge < -0.3 is 10.3 Å². The fourth-order valence-electron chi connectivity index (χ4n) is 3.12. The Kier molecular flexibility index (Phi) is 3.67. The molecule has 2 N–H and O–H groups in total. The highest BCUT2D eigenvalue weighted by Gasteiger charge is 2.22. The van der Waals surface area contributed by atoms with Gasteiger partial charge in [-0.3, -0.25) is 4.79 Å². The Morgan fingerprint density at radius 1 is 1.07 bits per heavy atom. The van der Waals surface area contributed by atoms with Gasteiger partial charge in [0.05, 0.1) is 5.69 Å². The van der Waals surface area contributed by atoms with Crippen LogP contribution in [-0.4, -0.2) is 32.3 Å². The number of hydrogen-bond donors (Lipinski definition) is 2. The average Bonchev–Trinajstić information content (AvgIpc) is 3.43. The monoisotopic (exact) mass is 355 g/mol. The van der Waals surface area contributed by atoms with Gasteiger partial charge in [0.2, 0.25) is 5.95 Å². The van der Waals surface area contributed by atoms with E-state index in [1.807, 2.05) is 42.7 Å². The van der Waals surface area contributed by atoms with Gasteiger partial charge in [0.1, 0.15) is 11.9 Å². The Bertz CT molecular complexity index is 1130. The van der Waals surface area contributed by atoms with Crippen molar-refractivity contribution in [1.29, 1.82) is 0 Å². The first-order valence-electron chi connectivity index (χ1n) is 8.93. The van der Waals surface area contributed by atoms with Gasteiger partial charge in [0.25, 0.3) is 0 Å². The molecule has 1 aromatic carbocycles. The molecule has 5 rings (SSSR count). The second-order valence-corrected chi connectivity index (χ2v) is 6.75. The van der Waals surface area contributed by atoms with Crippen molar-refractivity contribution < 1.29 is 4.79 Å². The van der Waals surface area contributed by atoms with Crippen LogP contribution in [0.25, 0.3) is 33.4 Å². The molecule has 0 aliphatic heterocycles. The molecule has 0 saturated heterocycles. The lowest BCUT2D eigenvalue weighted by Gasteiger charge is -2.06. The molecule has 0 unspecified atom stereocenters. The Hall–Kier alpha value is -3.54. The number of anilines is 1. The minimum atomic E-state index is 0.505. The number of carbonyl (C=O) groups is 1. The smallest absolute Gasteiger partial charge is 0.223 e. The van der Waals surface area contributed by atoms with Gasteiger partial charge >= 0.3 is 0 Å². The normalized spacial score (nSPS) is 13.6. The standard InChI is InChI=1S/C21H17N5O/c27-12-13-1-3-14(4-2-13)15-9-17-18(11-24-20(17)23-10-15)19-7-8-22-21(26-19)25-16-5-6-16/h1-4,7-12,16H,5-6H2,(H,23,24)(H,22,25,26). The van der Waals surface area contributed by atoms with Crippen LogP contribution in [0, 0.1) is 0 Å². The number of H-pyrrole nitrogens is 1. The van der Waals surface area contributed by atoms with E-state index in [1.165, 1.54) is 12.8 Å². The first-order valence-corrected chi connectivity index (χ1v) is 8.93. The summed E-state index contributed by atoms with van der Waals surface area (Å²) in [5, 5.41) is 4.34. The van der Waals surface area contributed by atoms with Crippen LogP contribution in [0.5, 0.6) is 0 Å². The minimum Gasteiger partial charge on any atom is -0.351 e. The summed E-state index contributed by atoms with van der Waals surface area (Å²) in [7, 11) is 0. The van der Waals surface area contributed by atoms with Crippen molar-refractivity contribution in [2.45, 2.75) is 18.9 Å². The fourth-order valence-corrected chi connectivity index (χ4v) is 3.12. The molecule has 132 valence electrons. The van der Waals surface area contributed by atoms with Crippen molar-refractivity contribution >= 4 is 23.3 Å². The van der Waals surface area contributed by atoms with Gasteiger partial charge in [-0.2, -0.15) is 0 Å². The molecule has 6 heteroatoms. The molecule has 3 heterocycles. The maximum atomic E-state index is 10.9. The molecule has 0 bridgehead atoms. The molecule has 1 aliphatic carbocycles. The third kappa shape index (κ3) is 3.06. The van der Waals surface area contributed by atoms with Crippen LogP contribution in [0.4, 0.5) is 5.95 Å². The Balaban J connectivity index is 1.55. The van der Waals surface area contributed by atoms with Crippen molar-refractivity contribution in [2.24, 2.45) is 0 Å². The minimum absolute atomic E-state index is 0.505. The highest BCUT2D eigenvalue weighted by molar-refractivity contribution is 5.95. The van der Waals surface area contributed by atoms with Crippen molar-refractivity contribution in [1.82, 2.24) is 19.9 Å². The molecule has 0 atom stereocenters. The first kappa shape index (κ1) is 15.7. The zero-order valence-corrected chi connectivity index (χ0v) is 14.5. The van der Waals surface area contributed by atoms with E-state index in [2.05, 4.69) is 31.3 Å². The number of fused-ring (bicyclic) bond motifs is 1. The van der Waals surface area contributed by atoms with Gasteiger partial charge in [-0.05, 0) is 30.5 Å². The van der Waals surface area contributed by atoms with E-state index in [4.69, 9.17) is 0 Å². The van der Waals surface area contributed by atoms with Gasteiger partial charge in [-0.25, -0.2) is 15.0 Å². The number of carbonyl (C=O) groups excluding carboxylic acids is 1. The van der Waals surface area contributed by atoms with Crippen LogP contribution in [0.2, 0.25) is 0 Å². The Morgan fingerprint density at radius 2 is 1.93 bits per heavy atom. The van der Waals surface area contributed by atoms with E-state index in [9.17, 15) is 4.79 Å². The number of aromatic nitrogens is 4. The van der Waals surface area contributed by atoms with Crippen molar-refractivity contribution in [3.8, 4) is 22.4 Å². The van der Waals surface area contributed by atoms with Crippen LogP contribution in [0.3, 0.4) is 0 Å². The van der Waals surface area contributed by atoms with Crippen molar-refractivity contribution in [3.05, 3.63) is 60.6 Å². The average molecular weight is 355 g/mol. The summed E-state index contributed by atoms with van der Waals surface area (Å²) in [4.78, 5) is 27.6. The van der Waals surface area contributed by atoms with Crippen LogP contribution in [-0.2, 0) is 0 Å². The highest BCUT2D eigenvalue weighted by Crippen LogP contribution is 2.31. The van der Waals surface area contributed by atoms with E-state index >= 15 is 0 Å². The second kappa shape index (κ2) is 6.32. The van der Waals surface area contributed by atoms with Crippen molar-refractivity contribution in [2.75, 3.05) is 5.32 Å². The molecule has 3 aromatic heterocycles. The third-order valence-corrected chi connectivity index (χ3v) is 4.75. The van der Waals surface area contributed by atoms with E-state index in [-0.39, 0.29) is 0 Å². The molecular weight excluding hydrogens is 338 g/mol. The van der Waals surface area contributed by atoms with Crippen LogP contribution < -0.4 is 5.32 Å². The number of nitrogens with zero attached hydrogens (tertiary/aromatic N) is 3. The lowest BCUT2D eigenvalue weighted by molar-refractivity contribution is 0.112. The molecule has 6 nitrogen and oxygen atoms in total. The maximum absolute atomic E-state index is 10.9. The zero-order valence-electron chi connectivity index (χ0n) is 14.5. The molecule has 0 spiro atoms. The van der Waals surface area contributed by atoms with Crippen LogP contribution in [0.1, 0.15) is 23.2 Å². The quantitative estimate of drug-likeness (QED) is 0.527. The van der Waals surface area contributed by atoms with Gasteiger partial charge in [-0.1, -0.05) is 24.3 Å². The van der Waals surface area contributed by atoms with E-state index in [0.29, 0.717) is 17.6 Å². The number of aromatic amines is 1. The zero-order chi connectivity index (χ0) is 18.2. The number of pyridine rings is 1. The topological polar surface area (TPSA) is 83.6 Å². The summed E-state index contributed by atoms with van der Waals surface area (Å²) in [5.41, 5.74) is 5.33. The molecule has 4 aromatic rings. The SMILES string of the molecule is O=Cc1ccc(-c2cnc3[nH]cc(-c4ccnc(NC5CC5)n4)c3c2)cc1. The summed E-state index contributed by atoms with van der Waals surface area (Å²) in [6.07, 6.45) is 8.74. The molecule has 1 fully saturated rings. The second-order valence-electron chi connectivity index (χ2n) is 6.75. The summed E-state index contributed by atoms with van der Waals surface area (Å²) in [5.74, 6) is 0.665. The molecule has 1 saturated carbocycles. The number of rotatable bonds is 5. The lowest BCUT2D eigenvalue weighted by Crippen LogP contribution is -2.05. The largest absolute Gasteiger partial charge is 0.351 e. The summed E-state index contributed by atoms with van der Waals surface area (Å²) >= 11 is 0. The predicted molar refractivity (Wildman–Crippen MR) is 105 cm³/mol.